The Labute approximate surface area is 122 Å². The van der Waals surface area contributed by atoms with Crippen molar-refractivity contribution in [3.05, 3.63) is 59.9 Å². The highest BCUT2D eigenvalue weighted by Crippen LogP contribution is 2.18. The van der Waals surface area contributed by atoms with E-state index in [1.807, 2.05) is 11.9 Å². The van der Waals surface area contributed by atoms with Gasteiger partial charge in [-0.1, -0.05) is 12.1 Å². The van der Waals surface area contributed by atoms with Crippen LogP contribution >= 0.6 is 0 Å². The summed E-state index contributed by atoms with van der Waals surface area (Å²) >= 11 is 0. The fourth-order valence-corrected chi connectivity index (χ4v) is 1.89. The minimum Gasteiger partial charge on any atom is -0.491 e. The summed E-state index contributed by atoms with van der Waals surface area (Å²) in [6, 6.07) is 12.7. The molecule has 0 spiro atoms. The Morgan fingerprint density at radius 1 is 1.19 bits per heavy atom. The number of hydrogen-bond acceptors (Lipinski definition) is 3. The molecule has 0 amide bonds. The average molecular weight is 289 g/mol. The summed E-state index contributed by atoms with van der Waals surface area (Å²) in [6.45, 7) is 0.887. The van der Waals surface area contributed by atoms with E-state index >= 15 is 0 Å². The third-order valence-electron chi connectivity index (χ3n) is 3.07. The Hall–Kier alpha value is -2.56. The van der Waals surface area contributed by atoms with Crippen LogP contribution < -0.4 is 9.64 Å². The average Bonchev–Trinajstić information content (AvgIpc) is 2.48. The highest BCUT2D eigenvalue weighted by atomic mass is 19.1. The Balaban J connectivity index is 1.92. The van der Waals surface area contributed by atoms with Gasteiger partial charge in [-0.05, 0) is 36.4 Å². The van der Waals surface area contributed by atoms with Crippen LogP contribution in [0.5, 0.6) is 5.75 Å². The molecule has 0 unspecified atom stereocenters. The number of ether oxygens (including phenoxy) is 1. The van der Waals surface area contributed by atoms with Gasteiger partial charge in [-0.25, -0.2) is 9.18 Å². The maximum absolute atomic E-state index is 12.8. The van der Waals surface area contributed by atoms with Crippen LogP contribution in [0.4, 0.5) is 10.1 Å². The zero-order chi connectivity index (χ0) is 15.2. The van der Waals surface area contributed by atoms with E-state index in [0.717, 1.165) is 5.69 Å². The summed E-state index contributed by atoms with van der Waals surface area (Å²) in [5.41, 5.74) is 1.01. The molecular weight excluding hydrogens is 273 g/mol. The number of hydrogen-bond donors (Lipinski definition) is 1. The number of carboxylic acids is 1. The first-order valence-electron chi connectivity index (χ1n) is 6.50. The Bertz CT molecular complexity index is 613. The lowest BCUT2D eigenvalue weighted by Crippen LogP contribution is -2.24. The molecule has 0 aliphatic rings. The summed E-state index contributed by atoms with van der Waals surface area (Å²) in [7, 11) is 1.86. The molecule has 0 radical (unpaired) electrons. The normalized spacial score (nSPS) is 10.2. The predicted octanol–water partition coefficient (Wildman–Crippen LogP) is 3.04. The van der Waals surface area contributed by atoms with Gasteiger partial charge in [0.15, 0.2) is 0 Å². The van der Waals surface area contributed by atoms with Gasteiger partial charge in [0.25, 0.3) is 0 Å². The molecule has 0 fully saturated rings. The van der Waals surface area contributed by atoms with Gasteiger partial charge < -0.3 is 14.7 Å². The number of benzene rings is 2. The monoisotopic (exact) mass is 289 g/mol. The van der Waals surface area contributed by atoms with Crippen molar-refractivity contribution in [1.29, 1.82) is 0 Å². The molecule has 21 heavy (non-hydrogen) atoms. The van der Waals surface area contributed by atoms with Gasteiger partial charge in [0.05, 0.1) is 6.54 Å². The van der Waals surface area contributed by atoms with Crippen molar-refractivity contribution in [2.24, 2.45) is 0 Å². The molecule has 0 atom stereocenters. The second kappa shape index (κ2) is 6.74. The highest BCUT2D eigenvalue weighted by molar-refractivity contribution is 5.90. The van der Waals surface area contributed by atoms with Crippen LogP contribution in [0.25, 0.3) is 0 Å². The molecule has 0 saturated carbocycles. The molecule has 0 heterocycles. The van der Waals surface area contributed by atoms with Crippen LogP contribution in [-0.4, -0.2) is 31.3 Å². The molecule has 0 saturated heterocycles. The number of anilines is 1. The fourth-order valence-electron chi connectivity index (χ4n) is 1.89. The van der Waals surface area contributed by atoms with Gasteiger partial charge in [-0.15, -0.1) is 0 Å². The summed E-state index contributed by atoms with van der Waals surface area (Å²) in [6.07, 6.45) is 0. The van der Waals surface area contributed by atoms with Gasteiger partial charge >= 0.3 is 5.97 Å². The maximum Gasteiger partial charge on any atom is 0.339 e. The lowest BCUT2D eigenvalue weighted by Gasteiger charge is -2.19. The van der Waals surface area contributed by atoms with Crippen LogP contribution in [0.1, 0.15) is 10.4 Å². The first-order chi connectivity index (χ1) is 10.1. The van der Waals surface area contributed by atoms with Crippen molar-refractivity contribution in [3.63, 3.8) is 0 Å². The number of nitrogens with zero attached hydrogens (tertiary/aromatic N) is 1. The summed E-state index contributed by atoms with van der Waals surface area (Å²) in [4.78, 5) is 13.0. The van der Waals surface area contributed by atoms with Crippen molar-refractivity contribution >= 4 is 11.7 Å². The minimum atomic E-state index is -1.02. The zero-order valence-electron chi connectivity index (χ0n) is 11.6. The van der Waals surface area contributed by atoms with E-state index < -0.39 is 5.97 Å². The number of aromatic carboxylic acids is 1. The first kappa shape index (κ1) is 14.8. The van der Waals surface area contributed by atoms with E-state index in [9.17, 15) is 9.18 Å². The van der Waals surface area contributed by atoms with Crippen molar-refractivity contribution < 1.29 is 19.0 Å². The predicted molar refractivity (Wildman–Crippen MR) is 78.6 cm³/mol. The molecule has 0 aliphatic carbocycles. The fraction of sp³-hybridized carbons (Fsp3) is 0.188. The molecule has 0 aliphatic heterocycles. The van der Waals surface area contributed by atoms with Crippen molar-refractivity contribution in [2.45, 2.75) is 0 Å². The van der Waals surface area contributed by atoms with E-state index in [1.165, 1.54) is 18.2 Å². The van der Waals surface area contributed by atoms with Crippen molar-refractivity contribution in [2.75, 3.05) is 25.1 Å². The number of para-hydroxylation sites is 1. The first-order valence-corrected chi connectivity index (χ1v) is 6.50. The highest BCUT2D eigenvalue weighted by Gasteiger charge is 2.10. The number of halogens is 1. The van der Waals surface area contributed by atoms with Gasteiger partial charge in [-0.2, -0.15) is 0 Å². The molecule has 4 nitrogen and oxygen atoms in total. The van der Waals surface area contributed by atoms with E-state index in [-0.39, 0.29) is 11.4 Å². The maximum atomic E-state index is 12.8. The van der Waals surface area contributed by atoms with Crippen LogP contribution in [0, 0.1) is 5.82 Å². The minimum absolute atomic E-state index is 0.141. The quantitative estimate of drug-likeness (QED) is 0.888. The van der Waals surface area contributed by atoms with E-state index in [1.54, 1.807) is 30.3 Å². The smallest absolute Gasteiger partial charge is 0.339 e. The molecule has 1 N–H and O–H groups in total. The standard InChI is InChI=1S/C16H16FNO3/c1-18(13-8-6-12(17)7-9-13)10-11-21-15-5-3-2-4-14(15)16(19)20/h2-9H,10-11H2,1H3,(H,19,20). The SMILES string of the molecule is CN(CCOc1ccccc1C(=O)O)c1ccc(F)cc1. The third-order valence-corrected chi connectivity index (χ3v) is 3.07. The molecule has 2 aromatic carbocycles. The van der Waals surface area contributed by atoms with Crippen molar-refractivity contribution in [1.82, 2.24) is 0 Å². The van der Waals surface area contributed by atoms with Crippen LogP contribution in [0.2, 0.25) is 0 Å². The van der Waals surface area contributed by atoms with Crippen LogP contribution in [0.3, 0.4) is 0 Å². The van der Waals surface area contributed by atoms with Crippen LogP contribution in [0.15, 0.2) is 48.5 Å². The molecule has 2 aromatic rings. The van der Waals surface area contributed by atoms with E-state index in [0.29, 0.717) is 18.9 Å². The molecule has 0 aromatic heterocycles. The molecule has 5 heteroatoms. The molecular formula is C16H16FNO3. The number of likely N-dealkylation sites (N-methyl/N-ethyl adjacent to an activating group) is 1. The summed E-state index contributed by atoms with van der Waals surface area (Å²) < 4.78 is 18.4. The molecule has 0 bridgehead atoms. The van der Waals surface area contributed by atoms with E-state index in [4.69, 9.17) is 9.84 Å². The number of carboxylic acid groups (broad SMARTS) is 1. The lowest BCUT2D eigenvalue weighted by molar-refractivity contribution is 0.0692. The van der Waals surface area contributed by atoms with Crippen molar-refractivity contribution in [3.8, 4) is 5.75 Å². The largest absolute Gasteiger partial charge is 0.491 e. The number of rotatable bonds is 6. The second-order valence-corrected chi connectivity index (χ2v) is 4.55. The number of carbonyl (C=O) groups is 1. The molecule has 110 valence electrons. The van der Waals surface area contributed by atoms with Gasteiger partial charge in [0.2, 0.25) is 0 Å². The Kier molecular flexibility index (Phi) is 4.77. The zero-order valence-corrected chi connectivity index (χ0v) is 11.6. The topological polar surface area (TPSA) is 49.8 Å². The van der Waals surface area contributed by atoms with Gasteiger partial charge in [-0.3, -0.25) is 0 Å². The second-order valence-electron chi connectivity index (χ2n) is 4.55. The van der Waals surface area contributed by atoms with Gasteiger partial charge in [0.1, 0.15) is 23.7 Å². The lowest BCUT2D eigenvalue weighted by atomic mass is 10.2. The van der Waals surface area contributed by atoms with E-state index in [2.05, 4.69) is 0 Å². The van der Waals surface area contributed by atoms with Gasteiger partial charge in [0, 0.05) is 12.7 Å². The Morgan fingerprint density at radius 3 is 2.52 bits per heavy atom. The molecule has 2 rings (SSSR count). The van der Waals surface area contributed by atoms with Crippen LogP contribution in [-0.2, 0) is 0 Å². The Morgan fingerprint density at radius 2 is 1.86 bits per heavy atom. The third kappa shape index (κ3) is 3.95. The summed E-state index contributed by atoms with van der Waals surface area (Å²) in [5.74, 6) is -0.950. The summed E-state index contributed by atoms with van der Waals surface area (Å²) in [5, 5.41) is 9.05.